The van der Waals surface area contributed by atoms with Gasteiger partial charge in [0.1, 0.15) is 5.82 Å². The van der Waals surface area contributed by atoms with Crippen LogP contribution in [0.1, 0.15) is 38.7 Å². The van der Waals surface area contributed by atoms with Crippen LogP contribution in [0.15, 0.2) is 18.2 Å². The van der Waals surface area contributed by atoms with Gasteiger partial charge in [-0.3, -0.25) is 0 Å². The highest BCUT2D eigenvalue weighted by atomic mass is 32.2. The highest BCUT2D eigenvalue weighted by molar-refractivity contribution is 7.91. The van der Waals surface area contributed by atoms with Gasteiger partial charge in [0.05, 0.1) is 11.5 Å². The molecule has 5 nitrogen and oxygen atoms in total. The van der Waals surface area contributed by atoms with Crippen molar-refractivity contribution in [1.29, 1.82) is 0 Å². The minimum absolute atomic E-state index is 0.0363. The maximum atomic E-state index is 14.0. The molecular formula is C16H23FN2O3S. The van der Waals surface area contributed by atoms with Crippen molar-refractivity contribution >= 4 is 21.6 Å². The first-order valence-corrected chi connectivity index (χ1v) is 9.59. The normalized spacial score (nSPS) is 21.1. The van der Waals surface area contributed by atoms with Crippen LogP contribution in [0.2, 0.25) is 0 Å². The molecule has 1 aliphatic heterocycles. The molecule has 1 N–H and O–H groups in total. The van der Waals surface area contributed by atoms with Gasteiger partial charge in [-0.1, -0.05) is 19.9 Å². The number of amides is 2. The van der Waals surface area contributed by atoms with Crippen LogP contribution in [0.4, 0.5) is 14.9 Å². The van der Waals surface area contributed by atoms with Gasteiger partial charge in [0.2, 0.25) is 0 Å². The Morgan fingerprint density at radius 3 is 2.65 bits per heavy atom. The van der Waals surface area contributed by atoms with Gasteiger partial charge in [0.25, 0.3) is 0 Å². The molecule has 0 spiro atoms. The summed E-state index contributed by atoms with van der Waals surface area (Å²) >= 11 is 0. The lowest BCUT2D eigenvalue weighted by atomic mass is 10.0. The average Bonchev–Trinajstić information content (AvgIpc) is 2.57. The van der Waals surface area contributed by atoms with Gasteiger partial charge < -0.3 is 10.2 Å². The van der Waals surface area contributed by atoms with E-state index in [0.29, 0.717) is 17.7 Å². The van der Waals surface area contributed by atoms with Crippen molar-refractivity contribution in [3.63, 3.8) is 0 Å². The Balaban J connectivity index is 2.10. The lowest BCUT2D eigenvalue weighted by Crippen LogP contribution is -2.42. The number of hydrogen-bond donors (Lipinski definition) is 1. The lowest BCUT2D eigenvalue weighted by Gasteiger charge is -2.26. The summed E-state index contributed by atoms with van der Waals surface area (Å²) in [5.74, 6) is -0.235. The second-order valence-corrected chi connectivity index (χ2v) is 8.61. The SMILES string of the molecule is CC(C)c1ccc(NC(=O)N2CCS(=O)(=O)CC[C@@H]2C)cc1F. The number of hydrogen-bond acceptors (Lipinski definition) is 3. The molecule has 0 bridgehead atoms. The van der Waals surface area contributed by atoms with Crippen molar-refractivity contribution in [2.45, 2.75) is 39.2 Å². The Kier molecular flexibility index (Phi) is 5.29. The number of carbonyl (C=O) groups is 1. The van der Waals surface area contributed by atoms with E-state index < -0.39 is 15.9 Å². The summed E-state index contributed by atoms with van der Waals surface area (Å²) in [4.78, 5) is 13.9. The third-order valence-corrected chi connectivity index (χ3v) is 5.82. The van der Waals surface area contributed by atoms with E-state index in [4.69, 9.17) is 0 Å². The van der Waals surface area contributed by atoms with Crippen molar-refractivity contribution in [3.8, 4) is 0 Å². The summed E-state index contributed by atoms with van der Waals surface area (Å²) in [5, 5.41) is 2.66. The van der Waals surface area contributed by atoms with Crippen molar-refractivity contribution < 1.29 is 17.6 Å². The zero-order valence-corrected chi connectivity index (χ0v) is 14.5. The van der Waals surface area contributed by atoms with Crippen molar-refractivity contribution in [3.05, 3.63) is 29.6 Å². The standard InChI is InChI=1S/C16H23FN2O3S/c1-11(2)14-5-4-13(10-15(14)17)18-16(20)19-7-9-23(21,22)8-6-12(19)3/h4-5,10-12H,6-9H2,1-3H3,(H,18,20)/t12-/m0/s1. The Morgan fingerprint density at radius 2 is 2.04 bits per heavy atom. The maximum absolute atomic E-state index is 14.0. The van der Waals surface area contributed by atoms with Crippen LogP contribution in [0.5, 0.6) is 0 Å². The molecule has 1 saturated heterocycles. The van der Waals surface area contributed by atoms with Gasteiger partial charge in [-0.25, -0.2) is 17.6 Å². The van der Waals surface area contributed by atoms with Gasteiger partial charge in [-0.15, -0.1) is 0 Å². The smallest absolute Gasteiger partial charge is 0.321 e. The quantitative estimate of drug-likeness (QED) is 0.898. The first-order valence-electron chi connectivity index (χ1n) is 7.77. The molecule has 23 heavy (non-hydrogen) atoms. The molecular weight excluding hydrogens is 319 g/mol. The number of carbonyl (C=O) groups excluding carboxylic acids is 1. The Bertz CT molecular complexity index is 689. The fraction of sp³-hybridized carbons (Fsp3) is 0.562. The summed E-state index contributed by atoms with van der Waals surface area (Å²) in [5.41, 5.74) is 0.966. The Hall–Kier alpha value is -1.63. The molecule has 2 amide bonds. The molecule has 1 aliphatic rings. The van der Waals surface area contributed by atoms with E-state index in [-0.39, 0.29) is 35.8 Å². The van der Waals surface area contributed by atoms with E-state index in [0.717, 1.165) is 0 Å². The van der Waals surface area contributed by atoms with Crippen LogP contribution >= 0.6 is 0 Å². The second kappa shape index (κ2) is 6.86. The van der Waals surface area contributed by atoms with Crippen molar-refractivity contribution in [2.24, 2.45) is 0 Å². The predicted octanol–water partition coefficient (Wildman–Crippen LogP) is 2.99. The molecule has 1 aromatic rings. The number of anilines is 1. The molecule has 1 atom stereocenters. The minimum atomic E-state index is -3.09. The van der Waals surface area contributed by atoms with Crippen molar-refractivity contribution in [1.82, 2.24) is 4.90 Å². The summed E-state index contributed by atoms with van der Waals surface area (Å²) < 4.78 is 37.4. The summed E-state index contributed by atoms with van der Waals surface area (Å²) in [6.07, 6.45) is 0.413. The van der Waals surface area contributed by atoms with Crippen LogP contribution in [-0.4, -0.2) is 43.4 Å². The van der Waals surface area contributed by atoms with E-state index >= 15 is 0 Å². The summed E-state index contributed by atoms with van der Waals surface area (Å²) in [6.45, 7) is 5.77. The molecule has 1 aromatic carbocycles. The average molecular weight is 342 g/mol. The van der Waals surface area contributed by atoms with E-state index in [1.54, 1.807) is 12.1 Å². The molecule has 128 valence electrons. The number of nitrogens with one attached hydrogen (secondary N) is 1. The van der Waals surface area contributed by atoms with Gasteiger partial charge in [-0.2, -0.15) is 0 Å². The highest BCUT2D eigenvalue weighted by Crippen LogP contribution is 2.22. The molecule has 1 heterocycles. The summed E-state index contributed by atoms with van der Waals surface area (Å²) in [6, 6.07) is 4.05. The number of sulfone groups is 1. The van der Waals surface area contributed by atoms with Crippen molar-refractivity contribution in [2.75, 3.05) is 23.4 Å². The van der Waals surface area contributed by atoms with E-state index in [2.05, 4.69) is 5.32 Å². The second-order valence-electron chi connectivity index (χ2n) is 6.30. The lowest BCUT2D eigenvalue weighted by molar-refractivity contribution is 0.197. The predicted molar refractivity (Wildman–Crippen MR) is 88.9 cm³/mol. The first kappa shape index (κ1) is 17.7. The van der Waals surface area contributed by atoms with Gasteiger partial charge >= 0.3 is 6.03 Å². The topological polar surface area (TPSA) is 66.5 Å². The fourth-order valence-electron chi connectivity index (χ4n) is 2.64. The molecule has 2 rings (SSSR count). The van der Waals surface area contributed by atoms with Crippen LogP contribution in [0.3, 0.4) is 0 Å². The summed E-state index contributed by atoms with van der Waals surface area (Å²) in [7, 11) is -3.09. The largest absolute Gasteiger partial charge is 0.322 e. The van der Waals surface area contributed by atoms with E-state index in [1.807, 2.05) is 20.8 Å². The van der Waals surface area contributed by atoms with Crippen LogP contribution in [0.25, 0.3) is 0 Å². The molecule has 7 heteroatoms. The van der Waals surface area contributed by atoms with Crippen LogP contribution in [0, 0.1) is 5.82 Å². The maximum Gasteiger partial charge on any atom is 0.322 e. The fourth-order valence-corrected chi connectivity index (χ4v) is 4.02. The third-order valence-electron chi connectivity index (χ3n) is 4.16. The molecule has 0 aliphatic carbocycles. The zero-order chi connectivity index (χ0) is 17.2. The highest BCUT2D eigenvalue weighted by Gasteiger charge is 2.27. The molecule has 0 saturated carbocycles. The minimum Gasteiger partial charge on any atom is -0.321 e. The van der Waals surface area contributed by atoms with Crippen LogP contribution < -0.4 is 5.32 Å². The monoisotopic (exact) mass is 342 g/mol. The number of benzene rings is 1. The van der Waals surface area contributed by atoms with Gasteiger partial charge in [0.15, 0.2) is 9.84 Å². The zero-order valence-electron chi connectivity index (χ0n) is 13.7. The van der Waals surface area contributed by atoms with Crippen LogP contribution in [-0.2, 0) is 9.84 Å². The molecule has 1 fully saturated rings. The Labute approximate surface area is 136 Å². The van der Waals surface area contributed by atoms with E-state index in [1.165, 1.54) is 11.0 Å². The Morgan fingerprint density at radius 1 is 1.35 bits per heavy atom. The molecule has 0 aromatic heterocycles. The third kappa shape index (κ3) is 4.43. The number of urea groups is 1. The molecule has 0 unspecified atom stereocenters. The van der Waals surface area contributed by atoms with E-state index in [9.17, 15) is 17.6 Å². The number of nitrogens with zero attached hydrogens (tertiary/aromatic N) is 1. The van der Waals surface area contributed by atoms with Gasteiger partial charge in [-0.05, 0) is 37.0 Å². The first-order chi connectivity index (χ1) is 10.7. The number of halogens is 1. The van der Waals surface area contributed by atoms with Gasteiger partial charge in [0, 0.05) is 18.3 Å². The number of rotatable bonds is 2. The molecule has 0 radical (unpaired) electrons.